The Labute approximate surface area is 262 Å². The van der Waals surface area contributed by atoms with E-state index in [-0.39, 0.29) is 18.4 Å². The Morgan fingerprint density at radius 1 is 0.977 bits per heavy atom. The Hall–Kier alpha value is -3.38. The van der Waals surface area contributed by atoms with E-state index in [2.05, 4.69) is 46.7 Å². The lowest BCUT2D eigenvalue weighted by atomic mass is 10.1. The summed E-state index contributed by atoms with van der Waals surface area (Å²) in [6.45, 7) is 14.6. The van der Waals surface area contributed by atoms with Crippen LogP contribution in [-0.4, -0.2) is 104 Å². The zero-order valence-electron chi connectivity index (χ0n) is 26.9. The lowest BCUT2D eigenvalue weighted by Gasteiger charge is -2.28. The van der Waals surface area contributed by atoms with E-state index >= 15 is 0 Å². The van der Waals surface area contributed by atoms with E-state index in [1.54, 1.807) is 13.2 Å². The summed E-state index contributed by atoms with van der Waals surface area (Å²) in [5.74, 6) is 0.963. The third kappa shape index (κ3) is 8.41. The van der Waals surface area contributed by atoms with Crippen molar-refractivity contribution in [2.75, 3.05) is 95.2 Å². The standard InChI is InChI=1S/C33H47N5O5Si/c1-36-11-6-12-38(14-13-36)30-22-27(40-2)21-28-31(43-24-42-19-20-44(3,4)5)23-29(35-32(28)30)33(39)34-25-7-9-26(10-8-25)37-15-17-41-18-16-37/h7-10,21-23H,6,11-20,24H2,1-5H3,(H,34,39). The van der Waals surface area contributed by atoms with Crippen LogP contribution >= 0.6 is 0 Å². The first-order valence-electron chi connectivity index (χ1n) is 15.6. The first kappa shape index (κ1) is 32.0. The van der Waals surface area contributed by atoms with Crippen LogP contribution in [0.25, 0.3) is 10.9 Å². The number of likely N-dealkylation sites (N-methyl/N-ethyl adjacent to an activating group) is 1. The molecule has 3 aromatic rings. The summed E-state index contributed by atoms with van der Waals surface area (Å²) in [5, 5.41) is 3.83. The number of aromatic nitrogens is 1. The van der Waals surface area contributed by atoms with Gasteiger partial charge in [-0.05, 0) is 56.4 Å². The molecular weight excluding hydrogens is 574 g/mol. The number of methoxy groups -OCH3 is 1. The Kier molecular flexibility index (Phi) is 10.6. The monoisotopic (exact) mass is 621 g/mol. The average molecular weight is 622 g/mol. The molecule has 5 rings (SSSR count). The highest BCUT2D eigenvalue weighted by atomic mass is 28.3. The number of amides is 1. The van der Waals surface area contributed by atoms with E-state index in [0.29, 0.717) is 29.3 Å². The number of hydrogen-bond acceptors (Lipinski definition) is 9. The maximum Gasteiger partial charge on any atom is 0.274 e. The van der Waals surface area contributed by atoms with Crippen LogP contribution in [0.5, 0.6) is 11.5 Å². The van der Waals surface area contributed by atoms with Gasteiger partial charge < -0.3 is 39.0 Å². The van der Waals surface area contributed by atoms with Gasteiger partial charge >= 0.3 is 0 Å². The van der Waals surface area contributed by atoms with Crippen LogP contribution in [0.3, 0.4) is 0 Å². The normalized spacial score (nSPS) is 16.6. The van der Waals surface area contributed by atoms with Crippen LogP contribution in [0.2, 0.25) is 25.7 Å². The Balaban J connectivity index is 1.44. The Bertz CT molecular complexity index is 1410. The minimum atomic E-state index is -1.23. The summed E-state index contributed by atoms with van der Waals surface area (Å²) in [4.78, 5) is 25.6. The second-order valence-electron chi connectivity index (χ2n) is 12.8. The molecule has 0 unspecified atom stereocenters. The maximum atomic E-state index is 13.7. The fourth-order valence-corrected chi connectivity index (χ4v) is 6.21. The summed E-state index contributed by atoms with van der Waals surface area (Å²) in [6.07, 6.45) is 1.03. The van der Waals surface area contributed by atoms with Crippen LogP contribution in [0.4, 0.5) is 17.1 Å². The maximum absolute atomic E-state index is 13.7. The molecule has 0 bridgehead atoms. The van der Waals surface area contributed by atoms with Crippen molar-refractivity contribution in [3.05, 3.63) is 48.2 Å². The smallest absolute Gasteiger partial charge is 0.274 e. The third-order valence-corrected chi connectivity index (χ3v) is 9.86. The van der Waals surface area contributed by atoms with Gasteiger partial charge in [0.25, 0.3) is 5.91 Å². The molecule has 2 aliphatic rings. The fraction of sp³-hybridized carbons (Fsp3) is 0.515. The highest BCUT2D eigenvalue weighted by Crippen LogP contribution is 2.37. The van der Waals surface area contributed by atoms with Gasteiger partial charge in [0, 0.05) is 76.3 Å². The topological polar surface area (TPSA) is 88.6 Å². The molecule has 2 fully saturated rings. The molecule has 0 radical (unpaired) electrons. The van der Waals surface area contributed by atoms with E-state index in [1.807, 2.05) is 36.4 Å². The van der Waals surface area contributed by atoms with Crippen molar-refractivity contribution in [3.63, 3.8) is 0 Å². The molecule has 0 spiro atoms. The summed E-state index contributed by atoms with van der Waals surface area (Å²) in [5.41, 5.74) is 3.75. The van der Waals surface area contributed by atoms with Crippen LogP contribution in [0.15, 0.2) is 42.5 Å². The molecular formula is C33H47N5O5Si. The molecule has 44 heavy (non-hydrogen) atoms. The van der Waals surface area contributed by atoms with Gasteiger partial charge in [-0.2, -0.15) is 0 Å². The first-order valence-corrected chi connectivity index (χ1v) is 19.3. The number of nitrogens with one attached hydrogen (secondary N) is 1. The zero-order valence-corrected chi connectivity index (χ0v) is 27.9. The van der Waals surface area contributed by atoms with Crippen LogP contribution in [0.1, 0.15) is 16.9 Å². The minimum Gasteiger partial charge on any atom is -0.497 e. The van der Waals surface area contributed by atoms with Crippen LogP contribution in [-0.2, 0) is 9.47 Å². The third-order valence-electron chi connectivity index (χ3n) is 8.15. The minimum absolute atomic E-state index is 0.0920. The second-order valence-corrected chi connectivity index (χ2v) is 18.4. The number of nitrogens with zero attached hydrogens (tertiary/aromatic N) is 4. The molecule has 11 heteroatoms. The van der Waals surface area contributed by atoms with Crippen molar-refractivity contribution < 1.29 is 23.7 Å². The fourth-order valence-electron chi connectivity index (χ4n) is 5.45. The molecule has 2 aromatic carbocycles. The van der Waals surface area contributed by atoms with Crippen molar-refractivity contribution in [3.8, 4) is 11.5 Å². The SMILES string of the molecule is COc1cc(N2CCCN(C)CC2)c2nc(C(=O)Nc3ccc(N4CCOCC4)cc3)cc(OCOCC[Si](C)(C)C)c2c1. The van der Waals surface area contributed by atoms with E-state index in [4.69, 9.17) is 23.9 Å². The highest BCUT2D eigenvalue weighted by Gasteiger charge is 2.22. The van der Waals surface area contributed by atoms with Crippen molar-refractivity contribution >= 4 is 41.9 Å². The van der Waals surface area contributed by atoms with Gasteiger partial charge in [-0.25, -0.2) is 4.98 Å². The van der Waals surface area contributed by atoms with Gasteiger partial charge in [0.05, 0.1) is 31.5 Å². The number of carbonyl (C=O) groups excluding carboxylic acids is 1. The largest absolute Gasteiger partial charge is 0.497 e. The molecule has 1 N–H and O–H groups in total. The number of ether oxygens (including phenoxy) is 4. The van der Waals surface area contributed by atoms with Gasteiger partial charge in [-0.3, -0.25) is 4.79 Å². The van der Waals surface area contributed by atoms with Gasteiger partial charge in [0.1, 0.15) is 17.2 Å². The van der Waals surface area contributed by atoms with Crippen molar-refractivity contribution in [2.24, 2.45) is 0 Å². The summed E-state index contributed by atoms with van der Waals surface area (Å²) < 4.78 is 23.3. The number of morpholine rings is 1. The number of fused-ring (bicyclic) bond motifs is 1. The molecule has 1 amide bonds. The van der Waals surface area contributed by atoms with Gasteiger partial charge in [-0.1, -0.05) is 19.6 Å². The Morgan fingerprint density at radius 2 is 1.75 bits per heavy atom. The first-order chi connectivity index (χ1) is 21.2. The molecule has 0 aliphatic carbocycles. The predicted molar refractivity (Wildman–Crippen MR) is 180 cm³/mol. The highest BCUT2D eigenvalue weighted by molar-refractivity contribution is 6.76. The molecule has 2 aliphatic heterocycles. The summed E-state index contributed by atoms with van der Waals surface area (Å²) >= 11 is 0. The number of carbonyl (C=O) groups is 1. The molecule has 238 valence electrons. The molecule has 0 atom stereocenters. The van der Waals surface area contributed by atoms with E-state index in [0.717, 1.165) is 81.7 Å². The van der Waals surface area contributed by atoms with Gasteiger partial charge in [0.2, 0.25) is 0 Å². The van der Waals surface area contributed by atoms with Crippen molar-refractivity contribution in [2.45, 2.75) is 32.1 Å². The molecule has 1 aromatic heterocycles. The van der Waals surface area contributed by atoms with Gasteiger partial charge in [0.15, 0.2) is 6.79 Å². The van der Waals surface area contributed by atoms with E-state index < -0.39 is 8.07 Å². The molecule has 2 saturated heterocycles. The number of anilines is 3. The van der Waals surface area contributed by atoms with Crippen LogP contribution in [0, 0.1) is 0 Å². The number of rotatable bonds is 11. The van der Waals surface area contributed by atoms with Crippen molar-refractivity contribution in [1.82, 2.24) is 9.88 Å². The summed E-state index contributed by atoms with van der Waals surface area (Å²) in [7, 11) is 2.59. The quantitative estimate of drug-likeness (QED) is 0.177. The van der Waals surface area contributed by atoms with Gasteiger partial charge in [-0.15, -0.1) is 0 Å². The van der Waals surface area contributed by atoms with Crippen LogP contribution < -0.4 is 24.6 Å². The molecule has 3 heterocycles. The molecule has 10 nitrogen and oxygen atoms in total. The zero-order chi connectivity index (χ0) is 31.1. The lowest BCUT2D eigenvalue weighted by molar-refractivity contribution is 0.0229. The predicted octanol–water partition coefficient (Wildman–Crippen LogP) is 5.17. The summed E-state index contributed by atoms with van der Waals surface area (Å²) in [6, 6.07) is 14.6. The number of hydrogen-bond donors (Lipinski definition) is 1. The van der Waals surface area contributed by atoms with E-state index in [1.165, 1.54) is 0 Å². The van der Waals surface area contributed by atoms with E-state index in [9.17, 15) is 4.79 Å². The number of benzene rings is 2. The molecule has 0 saturated carbocycles. The average Bonchev–Trinajstić information content (AvgIpc) is 3.24. The second kappa shape index (κ2) is 14.6. The number of pyridine rings is 1. The Morgan fingerprint density at radius 3 is 2.48 bits per heavy atom. The van der Waals surface area contributed by atoms with Crippen molar-refractivity contribution in [1.29, 1.82) is 0 Å². The lowest BCUT2D eigenvalue weighted by Crippen LogP contribution is -2.36.